The van der Waals surface area contributed by atoms with Crippen LogP contribution in [-0.4, -0.2) is 17.9 Å². The number of ether oxygens (including phenoxy) is 1. The van der Waals surface area contributed by atoms with E-state index in [0.29, 0.717) is 6.54 Å². The van der Waals surface area contributed by atoms with Crippen molar-refractivity contribution in [2.24, 2.45) is 0 Å². The highest BCUT2D eigenvalue weighted by molar-refractivity contribution is 6.09. The summed E-state index contributed by atoms with van der Waals surface area (Å²) in [5.41, 5.74) is 5.06. The minimum absolute atomic E-state index is 0.0562. The van der Waals surface area contributed by atoms with Gasteiger partial charge in [0.25, 0.3) is 5.91 Å². The molecule has 0 spiro atoms. The van der Waals surface area contributed by atoms with Crippen molar-refractivity contribution in [1.82, 2.24) is 4.90 Å². The number of carbonyl (C=O) groups excluding carboxylic acids is 1. The number of hydrogen-bond donors (Lipinski definition) is 0. The number of rotatable bonds is 5. The Balaban J connectivity index is 1.66. The molecule has 0 saturated heterocycles. The number of allylic oxidation sites excluding steroid dienone is 1. The van der Waals surface area contributed by atoms with E-state index < -0.39 is 0 Å². The molecule has 0 unspecified atom stereocenters. The average Bonchev–Trinajstić information content (AvgIpc) is 2.99. The molecule has 0 radical (unpaired) electrons. The molecule has 0 fully saturated rings. The van der Waals surface area contributed by atoms with Gasteiger partial charge in [-0.05, 0) is 35.7 Å². The van der Waals surface area contributed by atoms with Crippen LogP contribution in [0.2, 0.25) is 0 Å². The van der Waals surface area contributed by atoms with Gasteiger partial charge < -0.3 is 9.64 Å². The largest absolute Gasteiger partial charge is 0.497 e. The third-order valence-electron chi connectivity index (χ3n) is 4.84. The van der Waals surface area contributed by atoms with E-state index >= 15 is 0 Å². The molecule has 1 heterocycles. The van der Waals surface area contributed by atoms with Crippen LogP contribution in [0.5, 0.6) is 5.75 Å². The van der Waals surface area contributed by atoms with Crippen LogP contribution in [0.1, 0.15) is 27.0 Å². The Morgan fingerprint density at radius 2 is 1.48 bits per heavy atom. The molecule has 0 saturated carbocycles. The summed E-state index contributed by atoms with van der Waals surface area (Å²) in [4.78, 5) is 14.9. The van der Waals surface area contributed by atoms with Crippen molar-refractivity contribution in [1.29, 1.82) is 0 Å². The first-order valence-electron chi connectivity index (χ1n) is 9.04. The van der Waals surface area contributed by atoms with Gasteiger partial charge in [-0.25, -0.2) is 0 Å². The summed E-state index contributed by atoms with van der Waals surface area (Å²) in [5, 5.41) is 0. The lowest BCUT2D eigenvalue weighted by Gasteiger charge is -2.19. The van der Waals surface area contributed by atoms with Gasteiger partial charge in [0.15, 0.2) is 0 Å². The Labute approximate surface area is 159 Å². The predicted octanol–water partition coefficient (Wildman–Crippen LogP) is 4.93. The predicted molar refractivity (Wildman–Crippen MR) is 107 cm³/mol. The Hall–Kier alpha value is -3.33. The summed E-state index contributed by atoms with van der Waals surface area (Å²) in [5.74, 6) is 0.871. The molecule has 0 bridgehead atoms. The van der Waals surface area contributed by atoms with Gasteiger partial charge in [0, 0.05) is 16.8 Å². The van der Waals surface area contributed by atoms with Crippen LogP contribution in [-0.2, 0) is 13.0 Å². The fraction of sp³-hybridized carbons (Fsp3) is 0.125. The van der Waals surface area contributed by atoms with Gasteiger partial charge in [-0.3, -0.25) is 4.79 Å². The molecule has 0 atom stereocenters. The topological polar surface area (TPSA) is 29.5 Å². The number of carbonyl (C=O) groups is 1. The smallest absolute Gasteiger partial charge is 0.259 e. The van der Waals surface area contributed by atoms with Gasteiger partial charge in [0.05, 0.1) is 13.7 Å². The van der Waals surface area contributed by atoms with Crippen molar-refractivity contribution in [3.63, 3.8) is 0 Å². The van der Waals surface area contributed by atoms with Crippen LogP contribution in [0.25, 0.3) is 5.70 Å². The normalized spacial score (nSPS) is 14.5. The summed E-state index contributed by atoms with van der Waals surface area (Å²) < 4.78 is 5.23. The summed E-state index contributed by atoms with van der Waals surface area (Å²) in [6, 6.07) is 26.0. The fourth-order valence-corrected chi connectivity index (χ4v) is 3.41. The van der Waals surface area contributed by atoms with Crippen LogP contribution in [0.3, 0.4) is 0 Å². The Bertz CT molecular complexity index is 975. The van der Waals surface area contributed by atoms with Crippen molar-refractivity contribution in [2.75, 3.05) is 7.11 Å². The SMILES string of the molecule is COc1ccc(CN2C(=O)c3ccccc3/C2=C/Cc2ccccc2)cc1. The number of nitrogens with zero attached hydrogens (tertiary/aromatic N) is 1. The second kappa shape index (κ2) is 7.50. The number of methoxy groups -OCH3 is 1. The molecule has 0 N–H and O–H groups in total. The van der Waals surface area contributed by atoms with E-state index in [9.17, 15) is 4.79 Å². The van der Waals surface area contributed by atoms with Crippen molar-refractivity contribution < 1.29 is 9.53 Å². The Morgan fingerprint density at radius 3 is 2.19 bits per heavy atom. The van der Waals surface area contributed by atoms with Crippen LogP contribution in [0, 0.1) is 0 Å². The van der Waals surface area contributed by atoms with E-state index in [0.717, 1.165) is 34.6 Å². The average molecular weight is 355 g/mol. The molecule has 3 nitrogen and oxygen atoms in total. The second-order valence-corrected chi connectivity index (χ2v) is 6.56. The molecule has 3 aromatic rings. The van der Waals surface area contributed by atoms with E-state index in [1.54, 1.807) is 7.11 Å². The maximum absolute atomic E-state index is 13.0. The number of hydrogen-bond acceptors (Lipinski definition) is 2. The van der Waals surface area contributed by atoms with Crippen LogP contribution in [0.4, 0.5) is 0 Å². The zero-order valence-corrected chi connectivity index (χ0v) is 15.3. The van der Waals surface area contributed by atoms with E-state index in [4.69, 9.17) is 4.74 Å². The highest BCUT2D eigenvalue weighted by atomic mass is 16.5. The molecule has 3 aromatic carbocycles. The van der Waals surface area contributed by atoms with Gasteiger partial charge in [0.1, 0.15) is 5.75 Å². The van der Waals surface area contributed by atoms with Gasteiger partial charge in [-0.15, -0.1) is 0 Å². The molecular formula is C24H21NO2. The van der Waals surface area contributed by atoms with E-state index in [1.807, 2.05) is 71.6 Å². The molecule has 0 aromatic heterocycles. The fourth-order valence-electron chi connectivity index (χ4n) is 3.41. The van der Waals surface area contributed by atoms with Crippen molar-refractivity contribution in [3.8, 4) is 5.75 Å². The highest BCUT2D eigenvalue weighted by Crippen LogP contribution is 2.34. The van der Waals surface area contributed by atoms with Crippen molar-refractivity contribution >= 4 is 11.6 Å². The molecule has 27 heavy (non-hydrogen) atoms. The standard InChI is InChI=1S/C24H21NO2/c1-27-20-14-11-19(12-15-20)17-25-23(16-13-18-7-3-2-4-8-18)21-9-5-6-10-22(21)24(25)26/h2-12,14-16H,13,17H2,1H3/b23-16-. The van der Waals surface area contributed by atoms with E-state index in [1.165, 1.54) is 5.56 Å². The second-order valence-electron chi connectivity index (χ2n) is 6.56. The Morgan fingerprint density at radius 1 is 0.815 bits per heavy atom. The minimum atomic E-state index is 0.0562. The van der Waals surface area contributed by atoms with Crippen molar-refractivity contribution in [2.45, 2.75) is 13.0 Å². The zero-order valence-electron chi connectivity index (χ0n) is 15.3. The van der Waals surface area contributed by atoms with Gasteiger partial charge in [-0.2, -0.15) is 0 Å². The molecular weight excluding hydrogens is 334 g/mol. The maximum atomic E-state index is 13.0. The molecule has 1 aliphatic rings. The third-order valence-corrected chi connectivity index (χ3v) is 4.84. The van der Waals surface area contributed by atoms with Gasteiger partial charge >= 0.3 is 0 Å². The number of benzene rings is 3. The molecule has 4 rings (SSSR count). The quantitative estimate of drug-likeness (QED) is 0.649. The van der Waals surface area contributed by atoms with E-state index in [2.05, 4.69) is 18.2 Å². The maximum Gasteiger partial charge on any atom is 0.259 e. The van der Waals surface area contributed by atoms with Gasteiger partial charge in [0.2, 0.25) is 0 Å². The summed E-state index contributed by atoms with van der Waals surface area (Å²) in [6.45, 7) is 0.540. The highest BCUT2D eigenvalue weighted by Gasteiger charge is 2.31. The van der Waals surface area contributed by atoms with E-state index in [-0.39, 0.29) is 5.91 Å². The zero-order chi connectivity index (χ0) is 18.6. The molecule has 0 aliphatic carbocycles. The molecule has 3 heteroatoms. The first-order chi connectivity index (χ1) is 13.3. The van der Waals surface area contributed by atoms with Crippen LogP contribution >= 0.6 is 0 Å². The number of fused-ring (bicyclic) bond motifs is 1. The van der Waals surface area contributed by atoms with Crippen LogP contribution in [0.15, 0.2) is 84.9 Å². The summed E-state index contributed by atoms with van der Waals surface area (Å²) in [6.07, 6.45) is 2.94. The first-order valence-corrected chi connectivity index (χ1v) is 9.04. The lowest BCUT2D eigenvalue weighted by Crippen LogP contribution is -2.22. The summed E-state index contributed by atoms with van der Waals surface area (Å²) in [7, 11) is 1.65. The summed E-state index contributed by atoms with van der Waals surface area (Å²) >= 11 is 0. The lowest BCUT2D eigenvalue weighted by molar-refractivity contribution is 0.0843. The molecule has 1 amide bonds. The number of amides is 1. The molecule has 134 valence electrons. The Kier molecular flexibility index (Phi) is 4.75. The minimum Gasteiger partial charge on any atom is -0.497 e. The molecule has 1 aliphatic heterocycles. The van der Waals surface area contributed by atoms with Crippen molar-refractivity contribution in [3.05, 3.63) is 107 Å². The monoisotopic (exact) mass is 355 g/mol. The van der Waals surface area contributed by atoms with Gasteiger partial charge in [-0.1, -0.05) is 66.7 Å². The first kappa shape index (κ1) is 17.1. The third kappa shape index (κ3) is 3.49. The lowest BCUT2D eigenvalue weighted by atomic mass is 10.1. The van der Waals surface area contributed by atoms with Crippen LogP contribution < -0.4 is 4.74 Å².